The van der Waals surface area contributed by atoms with Gasteiger partial charge in [-0.2, -0.15) is 0 Å². The summed E-state index contributed by atoms with van der Waals surface area (Å²) in [5.41, 5.74) is 4.48. The molecule has 1 aromatic heterocycles. The standard InChI is InChI=1S/C12H12FN3O2/c1-12(2,10(17)18)9-6-4-3-5-7(13)8(6)15-11(14)16-9/h3-5H,1-2H3,(H,17,18)(H2,14,15,16). The minimum atomic E-state index is -1.27. The minimum Gasteiger partial charge on any atom is -0.481 e. The molecule has 0 fully saturated rings. The number of carbonyl (C=O) groups is 1. The first kappa shape index (κ1) is 12.2. The molecule has 1 heterocycles. The highest BCUT2D eigenvalue weighted by Gasteiger charge is 2.33. The fourth-order valence-electron chi connectivity index (χ4n) is 1.71. The quantitative estimate of drug-likeness (QED) is 0.845. The first-order valence-electron chi connectivity index (χ1n) is 5.29. The Morgan fingerprint density at radius 3 is 2.67 bits per heavy atom. The molecule has 0 atom stereocenters. The van der Waals surface area contributed by atoms with Crippen LogP contribution in [0.4, 0.5) is 10.3 Å². The van der Waals surface area contributed by atoms with Crippen LogP contribution in [0.2, 0.25) is 0 Å². The minimum absolute atomic E-state index is 0.0364. The summed E-state index contributed by atoms with van der Waals surface area (Å²) < 4.78 is 13.6. The van der Waals surface area contributed by atoms with Gasteiger partial charge in [0.05, 0.1) is 5.69 Å². The number of hydrogen-bond donors (Lipinski definition) is 2. The number of para-hydroxylation sites is 1. The van der Waals surface area contributed by atoms with Gasteiger partial charge in [-0.25, -0.2) is 14.4 Å². The van der Waals surface area contributed by atoms with Gasteiger partial charge in [0.1, 0.15) is 16.7 Å². The van der Waals surface area contributed by atoms with Crippen LogP contribution in [0.5, 0.6) is 0 Å². The molecule has 0 aliphatic heterocycles. The number of halogens is 1. The fraction of sp³-hybridized carbons (Fsp3) is 0.250. The van der Waals surface area contributed by atoms with Gasteiger partial charge in [-0.3, -0.25) is 4.79 Å². The van der Waals surface area contributed by atoms with Crippen LogP contribution in [0.3, 0.4) is 0 Å². The van der Waals surface area contributed by atoms with Crippen LogP contribution in [-0.4, -0.2) is 21.0 Å². The highest BCUT2D eigenvalue weighted by molar-refractivity contribution is 5.90. The molecule has 0 bridgehead atoms. The van der Waals surface area contributed by atoms with Crippen LogP contribution < -0.4 is 5.73 Å². The Kier molecular flexibility index (Phi) is 2.65. The third-order valence-electron chi connectivity index (χ3n) is 2.82. The largest absolute Gasteiger partial charge is 0.481 e. The van der Waals surface area contributed by atoms with Crippen molar-refractivity contribution in [2.24, 2.45) is 0 Å². The first-order chi connectivity index (χ1) is 8.34. The topological polar surface area (TPSA) is 89.1 Å². The summed E-state index contributed by atoms with van der Waals surface area (Å²) in [6.07, 6.45) is 0. The van der Waals surface area contributed by atoms with E-state index in [0.717, 1.165) is 0 Å². The predicted octanol–water partition coefficient (Wildman–Crippen LogP) is 1.71. The van der Waals surface area contributed by atoms with Gasteiger partial charge in [0.15, 0.2) is 0 Å². The molecule has 0 unspecified atom stereocenters. The van der Waals surface area contributed by atoms with Gasteiger partial charge < -0.3 is 10.8 Å². The molecular weight excluding hydrogens is 237 g/mol. The summed E-state index contributed by atoms with van der Waals surface area (Å²) in [7, 11) is 0. The molecule has 94 valence electrons. The summed E-state index contributed by atoms with van der Waals surface area (Å²) in [5.74, 6) is -1.76. The van der Waals surface area contributed by atoms with E-state index in [1.54, 1.807) is 6.07 Å². The Hall–Kier alpha value is -2.24. The lowest BCUT2D eigenvalue weighted by molar-refractivity contribution is -0.142. The third-order valence-corrected chi connectivity index (χ3v) is 2.82. The fourth-order valence-corrected chi connectivity index (χ4v) is 1.71. The Morgan fingerprint density at radius 2 is 2.06 bits per heavy atom. The zero-order valence-electron chi connectivity index (χ0n) is 9.94. The molecule has 0 amide bonds. The number of nitrogens with zero attached hydrogens (tertiary/aromatic N) is 2. The van der Waals surface area contributed by atoms with Crippen molar-refractivity contribution in [1.29, 1.82) is 0 Å². The van der Waals surface area contributed by atoms with Crippen LogP contribution in [0.15, 0.2) is 18.2 Å². The van der Waals surface area contributed by atoms with E-state index >= 15 is 0 Å². The van der Waals surface area contributed by atoms with E-state index in [2.05, 4.69) is 9.97 Å². The van der Waals surface area contributed by atoms with Gasteiger partial charge in [0.2, 0.25) is 5.95 Å². The van der Waals surface area contributed by atoms with E-state index in [-0.39, 0.29) is 17.2 Å². The molecule has 0 aliphatic rings. The second kappa shape index (κ2) is 3.90. The number of nitrogen functional groups attached to an aromatic ring is 1. The van der Waals surface area contributed by atoms with E-state index in [1.807, 2.05) is 0 Å². The average Bonchev–Trinajstić information content (AvgIpc) is 2.29. The van der Waals surface area contributed by atoms with Gasteiger partial charge in [-0.1, -0.05) is 12.1 Å². The van der Waals surface area contributed by atoms with Crippen molar-refractivity contribution in [3.63, 3.8) is 0 Å². The summed E-state index contributed by atoms with van der Waals surface area (Å²) >= 11 is 0. The summed E-state index contributed by atoms with van der Waals surface area (Å²) in [6, 6.07) is 4.31. The van der Waals surface area contributed by atoms with Crippen LogP contribution in [0.25, 0.3) is 10.9 Å². The summed E-state index contributed by atoms with van der Waals surface area (Å²) in [5, 5.41) is 9.58. The molecular formula is C12H12FN3O2. The maximum atomic E-state index is 13.6. The third kappa shape index (κ3) is 1.75. The zero-order valence-corrected chi connectivity index (χ0v) is 9.94. The number of fused-ring (bicyclic) bond motifs is 1. The van der Waals surface area contributed by atoms with Crippen LogP contribution in [0.1, 0.15) is 19.5 Å². The van der Waals surface area contributed by atoms with Crippen LogP contribution in [-0.2, 0) is 10.2 Å². The van der Waals surface area contributed by atoms with Crippen LogP contribution >= 0.6 is 0 Å². The number of rotatable bonds is 2. The number of anilines is 1. The second-order valence-electron chi connectivity index (χ2n) is 4.50. The van der Waals surface area contributed by atoms with Crippen molar-refractivity contribution < 1.29 is 14.3 Å². The molecule has 5 nitrogen and oxygen atoms in total. The monoisotopic (exact) mass is 249 g/mol. The maximum Gasteiger partial charge on any atom is 0.315 e. The zero-order chi connectivity index (χ0) is 13.5. The Morgan fingerprint density at radius 1 is 1.39 bits per heavy atom. The van der Waals surface area contributed by atoms with Gasteiger partial charge in [0, 0.05) is 5.39 Å². The van der Waals surface area contributed by atoms with Crippen molar-refractivity contribution >= 4 is 22.8 Å². The van der Waals surface area contributed by atoms with E-state index in [4.69, 9.17) is 5.73 Å². The van der Waals surface area contributed by atoms with Crippen molar-refractivity contribution in [1.82, 2.24) is 9.97 Å². The highest BCUT2D eigenvalue weighted by Crippen LogP contribution is 2.29. The van der Waals surface area contributed by atoms with Gasteiger partial charge in [-0.05, 0) is 19.9 Å². The molecule has 0 saturated heterocycles. The van der Waals surface area contributed by atoms with Crippen molar-refractivity contribution in [2.45, 2.75) is 19.3 Å². The van der Waals surface area contributed by atoms with Crippen molar-refractivity contribution in [3.8, 4) is 0 Å². The van der Waals surface area contributed by atoms with E-state index in [1.165, 1.54) is 26.0 Å². The smallest absolute Gasteiger partial charge is 0.315 e. The lowest BCUT2D eigenvalue weighted by Crippen LogP contribution is -2.30. The summed E-state index contributed by atoms with van der Waals surface area (Å²) in [4.78, 5) is 19.0. The normalized spacial score (nSPS) is 11.7. The first-order valence-corrected chi connectivity index (χ1v) is 5.29. The molecule has 3 N–H and O–H groups in total. The molecule has 2 rings (SSSR count). The molecule has 0 spiro atoms. The molecule has 1 aromatic carbocycles. The van der Waals surface area contributed by atoms with Gasteiger partial charge in [-0.15, -0.1) is 0 Å². The number of hydrogen-bond acceptors (Lipinski definition) is 4. The number of aromatic nitrogens is 2. The van der Waals surface area contributed by atoms with Crippen molar-refractivity contribution in [3.05, 3.63) is 29.7 Å². The van der Waals surface area contributed by atoms with E-state index in [0.29, 0.717) is 5.39 Å². The average molecular weight is 249 g/mol. The van der Waals surface area contributed by atoms with E-state index in [9.17, 15) is 14.3 Å². The Bertz CT molecular complexity index is 641. The van der Waals surface area contributed by atoms with Gasteiger partial charge in [0.25, 0.3) is 0 Å². The number of aliphatic carboxylic acids is 1. The summed E-state index contributed by atoms with van der Waals surface area (Å²) in [6.45, 7) is 2.98. The van der Waals surface area contributed by atoms with Crippen molar-refractivity contribution in [2.75, 3.05) is 5.73 Å². The predicted molar refractivity (Wildman–Crippen MR) is 64.6 cm³/mol. The Balaban J connectivity index is 2.87. The number of carboxylic acids is 1. The number of benzene rings is 1. The molecule has 18 heavy (non-hydrogen) atoms. The lowest BCUT2D eigenvalue weighted by atomic mass is 9.87. The van der Waals surface area contributed by atoms with Gasteiger partial charge >= 0.3 is 5.97 Å². The second-order valence-corrected chi connectivity index (χ2v) is 4.50. The van der Waals surface area contributed by atoms with E-state index < -0.39 is 17.2 Å². The molecule has 0 saturated carbocycles. The maximum absolute atomic E-state index is 13.6. The number of carboxylic acid groups (broad SMARTS) is 1. The molecule has 0 radical (unpaired) electrons. The molecule has 0 aliphatic carbocycles. The highest BCUT2D eigenvalue weighted by atomic mass is 19.1. The van der Waals surface area contributed by atoms with Crippen LogP contribution in [0, 0.1) is 5.82 Å². The molecule has 6 heteroatoms. The lowest BCUT2D eigenvalue weighted by Gasteiger charge is -2.20. The SMILES string of the molecule is CC(C)(C(=O)O)c1nc(N)nc2c(F)cccc12. The number of nitrogens with two attached hydrogens (primary N) is 1. The molecule has 2 aromatic rings. The Labute approximate surface area is 102 Å².